The summed E-state index contributed by atoms with van der Waals surface area (Å²) in [5.74, 6) is -0.144. The Bertz CT molecular complexity index is 543. The highest BCUT2D eigenvalue weighted by Gasteiger charge is 2.32. The molecule has 0 aliphatic heterocycles. The third-order valence-corrected chi connectivity index (χ3v) is 3.96. The topological polar surface area (TPSA) is 20.2 Å². The molecule has 0 amide bonds. The van der Waals surface area contributed by atoms with Crippen molar-refractivity contribution in [3.63, 3.8) is 0 Å². The molecule has 0 heterocycles. The molecular weight excluding hydrogens is 300 g/mol. The maximum absolute atomic E-state index is 10.9. The summed E-state index contributed by atoms with van der Waals surface area (Å²) >= 11 is 3.41. The first-order chi connectivity index (χ1) is 9.05. The minimum atomic E-state index is -0.982. The fourth-order valence-electron chi connectivity index (χ4n) is 2.32. The zero-order valence-electron chi connectivity index (χ0n) is 10.9. The SMILES string of the molecule is C=C[C@H](c1ccccc1)[C@](C)(O)c1ccc(Br)cc1. The lowest BCUT2D eigenvalue weighted by molar-refractivity contribution is 0.0417. The van der Waals surface area contributed by atoms with E-state index in [1.807, 2.05) is 61.5 Å². The van der Waals surface area contributed by atoms with Gasteiger partial charge in [-0.2, -0.15) is 0 Å². The van der Waals surface area contributed by atoms with Gasteiger partial charge in [0.15, 0.2) is 0 Å². The van der Waals surface area contributed by atoms with E-state index in [1.54, 1.807) is 6.08 Å². The Balaban J connectivity index is 2.41. The van der Waals surface area contributed by atoms with E-state index in [4.69, 9.17) is 0 Å². The molecule has 2 atom stereocenters. The van der Waals surface area contributed by atoms with E-state index in [-0.39, 0.29) is 5.92 Å². The summed E-state index contributed by atoms with van der Waals surface area (Å²) in [5, 5.41) is 10.9. The molecule has 0 aromatic heterocycles. The highest BCUT2D eigenvalue weighted by atomic mass is 79.9. The highest BCUT2D eigenvalue weighted by Crippen LogP contribution is 2.37. The smallest absolute Gasteiger partial charge is 0.0971 e. The average Bonchev–Trinajstić information content (AvgIpc) is 2.41. The summed E-state index contributed by atoms with van der Waals surface area (Å²) < 4.78 is 1.00. The molecule has 0 saturated carbocycles. The normalized spacial score (nSPS) is 15.5. The van der Waals surface area contributed by atoms with Crippen LogP contribution in [0.4, 0.5) is 0 Å². The number of rotatable bonds is 4. The van der Waals surface area contributed by atoms with Gasteiger partial charge in [0.25, 0.3) is 0 Å². The van der Waals surface area contributed by atoms with Crippen LogP contribution in [0.5, 0.6) is 0 Å². The van der Waals surface area contributed by atoms with Crippen molar-refractivity contribution < 1.29 is 5.11 Å². The Hall–Kier alpha value is -1.38. The first-order valence-electron chi connectivity index (χ1n) is 6.21. The summed E-state index contributed by atoms with van der Waals surface area (Å²) in [6.07, 6.45) is 1.80. The third kappa shape index (κ3) is 2.96. The molecule has 2 aromatic carbocycles. The van der Waals surface area contributed by atoms with Gasteiger partial charge in [0.05, 0.1) is 5.60 Å². The van der Waals surface area contributed by atoms with Crippen LogP contribution in [0.3, 0.4) is 0 Å². The Morgan fingerprint density at radius 1 is 1.11 bits per heavy atom. The molecule has 2 aromatic rings. The van der Waals surface area contributed by atoms with Crippen LogP contribution in [0.25, 0.3) is 0 Å². The molecule has 98 valence electrons. The van der Waals surface area contributed by atoms with Crippen molar-refractivity contribution in [3.05, 3.63) is 82.9 Å². The Kier molecular flexibility index (Phi) is 4.23. The van der Waals surface area contributed by atoms with Crippen LogP contribution >= 0.6 is 15.9 Å². The molecule has 0 fully saturated rings. The molecule has 0 aliphatic rings. The number of aliphatic hydroxyl groups is 1. The Morgan fingerprint density at radius 2 is 1.68 bits per heavy atom. The van der Waals surface area contributed by atoms with Gasteiger partial charge >= 0.3 is 0 Å². The predicted octanol–water partition coefficient (Wildman–Crippen LogP) is 4.63. The number of hydrogen-bond acceptors (Lipinski definition) is 1. The third-order valence-electron chi connectivity index (χ3n) is 3.43. The summed E-state index contributed by atoms with van der Waals surface area (Å²) in [5.41, 5.74) is 0.957. The van der Waals surface area contributed by atoms with Crippen molar-refractivity contribution in [3.8, 4) is 0 Å². The number of benzene rings is 2. The van der Waals surface area contributed by atoms with Gasteiger partial charge in [-0.25, -0.2) is 0 Å². The minimum Gasteiger partial charge on any atom is -0.384 e. The fraction of sp³-hybridized carbons (Fsp3) is 0.176. The second kappa shape index (κ2) is 5.72. The number of halogens is 1. The first-order valence-corrected chi connectivity index (χ1v) is 7.01. The van der Waals surface area contributed by atoms with E-state index in [2.05, 4.69) is 22.5 Å². The monoisotopic (exact) mass is 316 g/mol. The lowest BCUT2D eigenvalue weighted by atomic mass is 9.79. The first kappa shape index (κ1) is 14.0. The molecule has 1 N–H and O–H groups in total. The highest BCUT2D eigenvalue weighted by molar-refractivity contribution is 9.10. The number of hydrogen-bond donors (Lipinski definition) is 1. The summed E-state index contributed by atoms with van der Waals surface area (Å²) in [7, 11) is 0. The molecule has 0 bridgehead atoms. The maximum atomic E-state index is 10.9. The average molecular weight is 317 g/mol. The van der Waals surface area contributed by atoms with Gasteiger partial charge in [-0.05, 0) is 30.2 Å². The van der Waals surface area contributed by atoms with Crippen molar-refractivity contribution in [2.45, 2.75) is 18.4 Å². The zero-order valence-corrected chi connectivity index (χ0v) is 12.5. The summed E-state index contributed by atoms with van der Waals surface area (Å²) in [6.45, 7) is 5.71. The van der Waals surface area contributed by atoms with Crippen LogP contribution in [0.1, 0.15) is 24.0 Å². The molecule has 0 unspecified atom stereocenters. The van der Waals surface area contributed by atoms with Crippen LogP contribution in [0, 0.1) is 0 Å². The molecule has 0 saturated heterocycles. The molecule has 19 heavy (non-hydrogen) atoms. The van der Waals surface area contributed by atoms with Crippen LogP contribution in [-0.4, -0.2) is 5.11 Å². The second-order valence-corrected chi connectivity index (χ2v) is 5.69. The van der Waals surface area contributed by atoms with E-state index in [0.717, 1.165) is 15.6 Å². The van der Waals surface area contributed by atoms with Gasteiger partial charge in [0.2, 0.25) is 0 Å². The maximum Gasteiger partial charge on any atom is 0.0971 e. The van der Waals surface area contributed by atoms with Crippen molar-refractivity contribution in [1.29, 1.82) is 0 Å². The van der Waals surface area contributed by atoms with Gasteiger partial charge in [-0.3, -0.25) is 0 Å². The van der Waals surface area contributed by atoms with Crippen molar-refractivity contribution in [2.24, 2.45) is 0 Å². The van der Waals surface area contributed by atoms with Gasteiger partial charge < -0.3 is 5.11 Å². The van der Waals surface area contributed by atoms with E-state index >= 15 is 0 Å². The molecule has 0 aliphatic carbocycles. The second-order valence-electron chi connectivity index (χ2n) is 4.78. The standard InChI is InChI=1S/C17H17BrO/c1-3-16(13-7-5-4-6-8-13)17(2,19)14-9-11-15(18)12-10-14/h3-12,16,19H,1H2,2H3/t16-,17-/m1/s1. The Labute approximate surface area is 122 Å². The van der Waals surface area contributed by atoms with Gasteiger partial charge in [-0.15, -0.1) is 6.58 Å². The van der Waals surface area contributed by atoms with Crippen molar-refractivity contribution in [1.82, 2.24) is 0 Å². The largest absolute Gasteiger partial charge is 0.384 e. The Morgan fingerprint density at radius 3 is 2.21 bits per heavy atom. The molecular formula is C17H17BrO. The molecule has 0 spiro atoms. The van der Waals surface area contributed by atoms with Crippen LogP contribution in [0.15, 0.2) is 71.7 Å². The summed E-state index contributed by atoms with van der Waals surface area (Å²) in [4.78, 5) is 0. The molecule has 0 radical (unpaired) electrons. The van der Waals surface area contributed by atoms with Crippen LogP contribution < -0.4 is 0 Å². The van der Waals surface area contributed by atoms with E-state index in [1.165, 1.54) is 0 Å². The minimum absolute atomic E-state index is 0.144. The molecule has 1 nitrogen and oxygen atoms in total. The predicted molar refractivity (Wildman–Crippen MR) is 83.1 cm³/mol. The van der Waals surface area contributed by atoms with Gasteiger partial charge in [-0.1, -0.05) is 64.5 Å². The van der Waals surface area contributed by atoms with Gasteiger partial charge in [0.1, 0.15) is 0 Å². The van der Waals surface area contributed by atoms with Crippen molar-refractivity contribution in [2.75, 3.05) is 0 Å². The molecule has 2 heteroatoms. The summed E-state index contributed by atoms with van der Waals surface area (Å²) in [6, 6.07) is 17.7. The molecule has 2 rings (SSSR count). The van der Waals surface area contributed by atoms with Crippen molar-refractivity contribution >= 4 is 15.9 Å². The fourth-order valence-corrected chi connectivity index (χ4v) is 2.58. The van der Waals surface area contributed by atoms with E-state index < -0.39 is 5.60 Å². The van der Waals surface area contributed by atoms with E-state index in [9.17, 15) is 5.11 Å². The lowest BCUT2D eigenvalue weighted by Crippen LogP contribution is -2.28. The van der Waals surface area contributed by atoms with Crippen LogP contribution in [-0.2, 0) is 5.60 Å². The van der Waals surface area contributed by atoms with Gasteiger partial charge in [0, 0.05) is 10.4 Å². The zero-order chi connectivity index (χ0) is 13.9. The van der Waals surface area contributed by atoms with Crippen LogP contribution in [0.2, 0.25) is 0 Å². The van der Waals surface area contributed by atoms with E-state index in [0.29, 0.717) is 0 Å². The quantitative estimate of drug-likeness (QED) is 0.815. The lowest BCUT2D eigenvalue weighted by Gasteiger charge is -2.32.